The minimum Gasteiger partial charge on any atom is -0.381 e. The van der Waals surface area contributed by atoms with Crippen LogP contribution in [-0.4, -0.2) is 57.6 Å². The summed E-state index contributed by atoms with van der Waals surface area (Å²) in [7, 11) is -1.34. The van der Waals surface area contributed by atoms with Crippen molar-refractivity contribution in [2.45, 2.75) is 38.5 Å². The highest BCUT2D eigenvalue weighted by Crippen LogP contribution is 2.41. The highest BCUT2D eigenvalue weighted by molar-refractivity contribution is 7.89. The lowest BCUT2D eigenvalue weighted by Crippen LogP contribution is -2.27. The van der Waals surface area contributed by atoms with Crippen LogP contribution in [0.25, 0.3) is 33.2 Å². The van der Waals surface area contributed by atoms with E-state index in [9.17, 15) is 8.42 Å². The molecule has 0 N–H and O–H groups in total. The molecular weight excluding hydrogens is 504 g/mol. The molecule has 1 saturated heterocycles. The normalized spacial score (nSPS) is 16.0. The van der Waals surface area contributed by atoms with Gasteiger partial charge >= 0.3 is 0 Å². The van der Waals surface area contributed by atoms with Crippen molar-refractivity contribution in [3.05, 3.63) is 59.2 Å². The van der Waals surface area contributed by atoms with Crippen molar-refractivity contribution in [3.8, 4) is 11.3 Å². The van der Waals surface area contributed by atoms with Gasteiger partial charge in [0, 0.05) is 49.7 Å². The monoisotopic (exact) mass is 534 g/mol. The second-order valence-corrected chi connectivity index (χ2v) is 12.4. The Hall–Kier alpha value is -3.57. The minimum absolute atomic E-state index is 0.0337. The molecule has 198 valence electrons. The fraction of sp³-hybridized carbons (Fsp3) is 0.407. The maximum atomic E-state index is 12.2. The summed E-state index contributed by atoms with van der Waals surface area (Å²) in [5.74, 6) is 0.953. The first-order valence-electron chi connectivity index (χ1n) is 12.7. The lowest BCUT2D eigenvalue weighted by molar-refractivity contribution is 0.0543. The summed E-state index contributed by atoms with van der Waals surface area (Å²) < 4.78 is 39.6. The molecule has 0 radical (unpaired) electrons. The average molecular weight is 535 g/mol. The number of hydrogen-bond acceptors (Lipinski definition) is 8. The van der Waals surface area contributed by atoms with Gasteiger partial charge in [0.1, 0.15) is 11.5 Å². The number of ether oxygens (including phenoxy) is 1. The maximum Gasteiger partial charge on any atom is 0.151 e. The van der Waals surface area contributed by atoms with Gasteiger partial charge in [-0.15, -0.1) is 5.10 Å². The van der Waals surface area contributed by atoms with Crippen molar-refractivity contribution in [1.29, 1.82) is 0 Å². The highest BCUT2D eigenvalue weighted by Gasteiger charge is 2.32. The molecule has 0 unspecified atom stereocenters. The maximum absolute atomic E-state index is 12.2. The van der Waals surface area contributed by atoms with Crippen LogP contribution in [0.1, 0.15) is 41.6 Å². The van der Waals surface area contributed by atoms with E-state index in [1.165, 1.54) is 6.26 Å². The number of nitrogens with zero attached hydrogens (tertiary/aromatic N) is 6. The van der Waals surface area contributed by atoms with Crippen LogP contribution >= 0.6 is 0 Å². The molecule has 0 amide bonds. The first-order valence-corrected chi connectivity index (χ1v) is 14.7. The SMILES string of the molecule is Cc1cc([C@@H](C2CCOCC2)n2c3cc(CS(C)(=O)=O)ccc3c3ncc(-c4c(C)nnn4C)cc32)no1. The lowest BCUT2D eigenvalue weighted by atomic mass is 9.89. The molecule has 0 spiro atoms. The smallest absolute Gasteiger partial charge is 0.151 e. The molecule has 0 bridgehead atoms. The van der Waals surface area contributed by atoms with Gasteiger partial charge in [-0.25, -0.2) is 13.1 Å². The van der Waals surface area contributed by atoms with E-state index in [0.717, 1.165) is 68.7 Å². The summed E-state index contributed by atoms with van der Waals surface area (Å²) in [5.41, 5.74) is 6.90. The summed E-state index contributed by atoms with van der Waals surface area (Å²) in [6.45, 7) is 5.18. The topological polar surface area (TPSA) is 118 Å². The van der Waals surface area contributed by atoms with E-state index in [2.05, 4.69) is 26.1 Å². The molecule has 1 aliphatic rings. The van der Waals surface area contributed by atoms with E-state index in [1.54, 1.807) is 4.68 Å². The van der Waals surface area contributed by atoms with Crippen molar-refractivity contribution in [1.82, 2.24) is 29.7 Å². The third-order valence-electron chi connectivity index (χ3n) is 7.34. The molecule has 4 aromatic heterocycles. The Labute approximate surface area is 220 Å². The van der Waals surface area contributed by atoms with Crippen molar-refractivity contribution in [2.24, 2.45) is 13.0 Å². The Morgan fingerprint density at radius 1 is 1.11 bits per heavy atom. The van der Waals surface area contributed by atoms with Gasteiger partial charge in [0.25, 0.3) is 0 Å². The van der Waals surface area contributed by atoms with Gasteiger partial charge < -0.3 is 13.8 Å². The Bertz CT molecular complexity index is 1740. The van der Waals surface area contributed by atoms with E-state index in [-0.39, 0.29) is 17.7 Å². The van der Waals surface area contributed by atoms with Gasteiger partial charge in [-0.05, 0) is 50.3 Å². The van der Waals surface area contributed by atoms with Gasteiger partial charge in [0.05, 0.1) is 39.7 Å². The Balaban J connectivity index is 1.67. The molecule has 1 atom stereocenters. The predicted molar refractivity (Wildman–Crippen MR) is 143 cm³/mol. The summed E-state index contributed by atoms with van der Waals surface area (Å²) in [6, 6.07) is 9.81. The number of fused-ring (bicyclic) bond motifs is 3. The predicted octanol–water partition coefficient (Wildman–Crippen LogP) is 4.15. The summed E-state index contributed by atoms with van der Waals surface area (Å²) in [4.78, 5) is 4.92. The van der Waals surface area contributed by atoms with Crippen molar-refractivity contribution >= 4 is 31.8 Å². The van der Waals surface area contributed by atoms with Gasteiger partial charge in [-0.1, -0.05) is 22.5 Å². The Morgan fingerprint density at radius 3 is 2.55 bits per heavy atom. The van der Waals surface area contributed by atoms with E-state index in [1.807, 2.05) is 51.4 Å². The molecule has 0 saturated carbocycles. The van der Waals surface area contributed by atoms with Crippen LogP contribution in [0, 0.1) is 19.8 Å². The molecular formula is C27H30N6O4S. The minimum atomic E-state index is -3.21. The summed E-state index contributed by atoms with van der Waals surface area (Å²) in [6.07, 6.45) is 4.86. The second-order valence-electron chi connectivity index (χ2n) is 10.3. The fourth-order valence-corrected chi connectivity index (χ4v) is 6.55. The Morgan fingerprint density at radius 2 is 1.89 bits per heavy atom. The van der Waals surface area contributed by atoms with Gasteiger partial charge in [0.15, 0.2) is 9.84 Å². The van der Waals surface area contributed by atoms with Gasteiger partial charge in [-0.3, -0.25) is 4.98 Å². The van der Waals surface area contributed by atoms with Crippen LogP contribution in [-0.2, 0) is 27.4 Å². The number of hydrogen-bond donors (Lipinski definition) is 0. The van der Waals surface area contributed by atoms with E-state index in [4.69, 9.17) is 14.2 Å². The van der Waals surface area contributed by atoms with Gasteiger partial charge in [-0.2, -0.15) is 0 Å². The fourth-order valence-electron chi connectivity index (χ4n) is 5.77. The Kier molecular flexibility index (Phi) is 6.07. The van der Waals surface area contributed by atoms with Crippen LogP contribution in [0.4, 0.5) is 0 Å². The quantitative estimate of drug-likeness (QED) is 0.319. The number of rotatable bonds is 6. The van der Waals surface area contributed by atoms with E-state index >= 15 is 0 Å². The van der Waals surface area contributed by atoms with Crippen LogP contribution in [0.15, 0.2) is 41.1 Å². The molecule has 1 aromatic carbocycles. The van der Waals surface area contributed by atoms with E-state index in [0.29, 0.717) is 13.2 Å². The number of pyridine rings is 1. The highest BCUT2D eigenvalue weighted by atomic mass is 32.2. The van der Waals surface area contributed by atoms with Crippen LogP contribution < -0.4 is 0 Å². The zero-order valence-electron chi connectivity index (χ0n) is 21.9. The van der Waals surface area contributed by atoms with Crippen LogP contribution in [0.2, 0.25) is 0 Å². The number of benzene rings is 1. The first kappa shape index (κ1) is 24.7. The second kappa shape index (κ2) is 9.32. The zero-order valence-corrected chi connectivity index (χ0v) is 22.7. The molecule has 1 aliphatic heterocycles. The number of aryl methyl sites for hydroxylation is 3. The average Bonchev–Trinajstić information content (AvgIpc) is 3.54. The molecule has 10 nitrogen and oxygen atoms in total. The molecule has 11 heteroatoms. The number of aromatic nitrogens is 6. The zero-order chi connectivity index (χ0) is 26.6. The van der Waals surface area contributed by atoms with Crippen LogP contribution in [0.5, 0.6) is 0 Å². The molecule has 6 rings (SSSR count). The van der Waals surface area contributed by atoms with Gasteiger partial charge in [0.2, 0.25) is 0 Å². The van der Waals surface area contributed by atoms with Crippen molar-refractivity contribution in [3.63, 3.8) is 0 Å². The third-order valence-corrected chi connectivity index (χ3v) is 8.20. The lowest BCUT2D eigenvalue weighted by Gasteiger charge is -2.31. The van der Waals surface area contributed by atoms with Crippen molar-refractivity contribution < 1.29 is 17.7 Å². The molecule has 5 heterocycles. The largest absolute Gasteiger partial charge is 0.381 e. The third kappa shape index (κ3) is 4.39. The molecule has 38 heavy (non-hydrogen) atoms. The number of sulfone groups is 1. The molecule has 0 aliphatic carbocycles. The molecule has 5 aromatic rings. The van der Waals surface area contributed by atoms with Crippen LogP contribution in [0.3, 0.4) is 0 Å². The molecule has 1 fully saturated rings. The van der Waals surface area contributed by atoms with Crippen molar-refractivity contribution in [2.75, 3.05) is 19.5 Å². The van der Waals surface area contributed by atoms with E-state index < -0.39 is 9.84 Å². The standard InChI is InChI=1S/C27H30N6O4S/c1-16-11-22(30-37-16)27(19-7-9-36-10-8-19)33-23-12-18(15-38(4,34)35)5-6-21(23)25-24(33)13-20(14-28-25)26-17(2)29-31-32(26)3/h5-6,11-14,19,27H,7-10,15H2,1-4H3/t27-/m1/s1. The first-order chi connectivity index (χ1) is 18.2. The summed E-state index contributed by atoms with van der Waals surface area (Å²) >= 11 is 0. The summed E-state index contributed by atoms with van der Waals surface area (Å²) in [5, 5.41) is 13.8.